The van der Waals surface area contributed by atoms with Gasteiger partial charge in [-0.15, -0.1) is 0 Å². The lowest BCUT2D eigenvalue weighted by molar-refractivity contribution is -0.150. The van der Waals surface area contributed by atoms with Gasteiger partial charge in [-0.25, -0.2) is 0 Å². The molecule has 2 amide bonds. The van der Waals surface area contributed by atoms with Crippen LogP contribution in [-0.2, 0) is 19.1 Å². The number of methoxy groups -OCH3 is 1. The summed E-state index contributed by atoms with van der Waals surface area (Å²) in [5.41, 5.74) is 0.650. The minimum absolute atomic E-state index is 0.0180. The summed E-state index contributed by atoms with van der Waals surface area (Å²) in [4.78, 5) is 37.4. The van der Waals surface area contributed by atoms with Crippen LogP contribution in [0.15, 0.2) is 28.8 Å². The van der Waals surface area contributed by atoms with Crippen molar-refractivity contribution in [2.75, 3.05) is 26.0 Å². The average molecular weight is 480 g/mol. The third-order valence-electron chi connectivity index (χ3n) is 4.80. The maximum Gasteiger partial charge on any atom is 0.319 e. The SMILES string of the molecule is CCCCNC(=O)CSC1=C(C#N)[C@H](c2ccc(OCC)c(Cl)c2)[C@H](C(=O)OC)C(=O)N1. The van der Waals surface area contributed by atoms with Crippen LogP contribution in [0.25, 0.3) is 0 Å². The van der Waals surface area contributed by atoms with Gasteiger partial charge in [0.15, 0.2) is 0 Å². The molecule has 0 saturated heterocycles. The van der Waals surface area contributed by atoms with Gasteiger partial charge in [0.1, 0.15) is 11.7 Å². The summed E-state index contributed by atoms with van der Waals surface area (Å²) in [6, 6.07) is 6.96. The van der Waals surface area contributed by atoms with Gasteiger partial charge in [-0.2, -0.15) is 5.26 Å². The molecule has 0 aromatic heterocycles. The van der Waals surface area contributed by atoms with Crippen LogP contribution in [0.4, 0.5) is 0 Å². The van der Waals surface area contributed by atoms with Gasteiger partial charge in [0, 0.05) is 12.5 Å². The van der Waals surface area contributed by atoms with E-state index in [4.69, 9.17) is 21.1 Å². The molecule has 0 bridgehead atoms. The van der Waals surface area contributed by atoms with E-state index in [1.54, 1.807) is 18.2 Å². The fourth-order valence-corrected chi connectivity index (χ4v) is 4.38. The second kappa shape index (κ2) is 12.4. The number of hydrogen-bond donors (Lipinski definition) is 2. The van der Waals surface area contributed by atoms with E-state index in [0.717, 1.165) is 24.6 Å². The number of rotatable bonds is 10. The summed E-state index contributed by atoms with van der Waals surface area (Å²) in [6.07, 6.45) is 1.81. The number of nitrogens with zero attached hydrogens (tertiary/aromatic N) is 1. The Morgan fingerprint density at radius 1 is 1.34 bits per heavy atom. The monoisotopic (exact) mass is 479 g/mol. The Morgan fingerprint density at radius 2 is 2.09 bits per heavy atom. The quantitative estimate of drug-likeness (QED) is 0.300. The Balaban J connectivity index is 2.42. The largest absolute Gasteiger partial charge is 0.492 e. The number of hydrogen-bond acceptors (Lipinski definition) is 7. The maximum atomic E-state index is 12.8. The molecule has 2 rings (SSSR count). The number of halogens is 1. The highest BCUT2D eigenvalue weighted by atomic mass is 35.5. The molecule has 8 nitrogen and oxygen atoms in total. The van der Waals surface area contributed by atoms with Crippen LogP contribution < -0.4 is 15.4 Å². The first-order chi connectivity index (χ1) is 15.4. The molecule has 0 aliphatic carbocycles. The summed E-state index contributed by atoms with van der Waals surface area (Å²) in [6.45, 7) is 4.82. The summed E-state index contributed by atoms with van der Waals surface area (Å²) >= 11 is 7.36. The minimum atomic E-state index is -1.27. The molecule has 1 aliphatic rings. The van der Waals surface area contributed by atoms with Crippen LogP contribution in [0.2, 0.25) is 5.02 Å². The van der Waals surface area contributed by atoms with E-state index in [0.29, 0.717) is 29.5 Å². The third kappa shape index (κ3) is 6.17. The number of unbranched alkanes of at least 4 members (excludes halogenated alkanes) is 1. The molecule has 1 aromatic rings. The van der Waals surface area contributed by atoms with Gasteiger partial charge in [-0.1, -0.05) is 42.8 Å². The fourth-order valence-electron chi connectivity index (χ4n) is 3.26. The third-order valence-corrected chi connectivity index (χ3v) is 6.11. The van der Waals surface area contributed by atoms with Crippen molar-refractivity contribution < 1.29 is 23.9 Å². The number of amides is 2. The van der Waals surface area contributed by atoms with E-state index < -0.39 is 23.7 Å². The summed E-state index contributed by atoms with van der Waals surface area (Å²) in [5.74, 6) is -3.31. The molecule has 0 radical (unpaired) electrons. The first kappa shape index (κ1) is 25.6. The predicted octanol–water partition coefficient (Wildman–Crippen LogP) is 3.13. The van der Waals surface area contributed by atoms with E-state index in [1.807, 2.05) is 13.8 Å². The zero-order valence-electron chi connectivity index (χ0n) is 18.2. The van der Waals surface area contributed by atoms with E-state index in [1.165, 1.54) is 7.11 Å². The van der Waals surface area contributed by atoms with Crippen molar-refractivity contribution in [2.45, 2.75) is 32.6 Å². The topological polar surface area (TPSA) is 118 Å². The van der Waals surface area contributed by atoms with Gasteiger partial charge < -0.3 is 20.1 Å². The number of esters is 1. The lowest BCUT2D eigenvalue weighted by Gasteiger charge is -2.31. The Kier molecular flexibility index (Phi) is 9.88. The number of carbonyl (C=O) groups is 3. The molecule has 32 heavy (non-hydrogen) atoms. The number of nitrogens with one attached hydrogen (secondary N) is 2. The number of allylic oxidation sites excluding steroid dienone is 1. The van der Waals surface area contributed by atoms with E-state index in [2.05, 4.69) is 16.7 Å². The van der Waals surface area contributed by atoms with Crippen LogP contribution in [0.5, 0.6) is 5.75 Å². The van der Waals surface area contributed by atoms with Gasteiger partial charge in [0.25, 0.3) is 0 Å². The van der Waals surface area contributed by atoms with Crippen LogP contribution >= 0.6 is 23.4 Å². The smallest absolute Gasteiger partial charge is 0.319 e. The second-order valence-electron chi connectivity index (χ2n) is 6.94. The fraction of sp³-hybridized carbons (Fsp3) is 0.455. The Hall–Kier alpha value is -2.70. The van der Waals surface area contributed by atoms with E-state index in [9.17, 15) is 19.6 Å². The molecule has 1 aliphatic heterocycles. The Labute approximate surface area is 196 Å². The van der Waals surface area contributed by atoms with Gasteiger partial charge in [0.05, 0.1) is 41.2 Å². The second-order valence-corrected chi connectivity index (χ2v) is 8.33. The Morgan fingerprint density at radius 3 is 2.69 bits per heavy atom. The van der Waals surface area contributed by atoms with Crippen molar-refractivity contribution >= 4 is 41.1 Å². The van der Waals surface area contributed by atoms with Gasteiger partial charge >= 0.3 is 5.97 Å². The van der Waals surface area contributed by atoms with Crippen molar-refractivity contribution in [3.8, 4) is 11.8 Å². The molecular formula is C22H26ClN3O5S. The first-order valence-corrected chi connectivity index (χ1v) is 11.6. The van der Waals surface area contributed by atoms with Crippen molar-refractivity contribution in [2.24, 2.45) is 5.92 Å². The van der Waals surface area contributed by atoms with Crippen LogP contribution in [0.1, 0.15) is 38.2 Å². The number of thioether (sulfide) groups is 1. The molecule has 2 N–H and O–H groups in total. The first-order valence-electron chi connectivity index (χ1n) is 10.2. The molecule has 0 unspecified atom stereocenters. The molecular weight excluding hydrogens is 454 g/mol. The number of nitriles is 1. The lowest BCUT2D eigenvalue weighted by atomic mass is 9.78. The molecule has 0 saturated carbocycles. The van der Waals surface area contributed by atoms with E-state index >= 15 is 0 Å². The molecule has 1 aromatic carbocycles. The average Bonchev–Trinajstić information content (AvgIpc) is 2.78. The van der Waals surface area contributed by atoms with Crippen LogP contribution in [0.3, 0.4) is 0 Å². The van der Waals surface area contributed by atoms with Gasteiger partial charge in [0.2, 0.25) is 11.8 Å². The van der Waals surface area contributed by atoms with Gasteiger partial charge in [-0.05, 0) is 31.0 Å². The van der Waals surface area contributed by atoms with Crippen molar-refractivity contribution in [1.82, 2.24) is 10.6 Å². The van der Waals surface area contributed by atoms with Crippen LogP contribution in [0, 0.1) is 17.2 Å². The number of benzene rings is 1. The highest BCUT2D eigenvalue weighted by Gasteiger charge is 2.44. The predicted molar refractivity (Wildman–Crippen MR) is 122 cm³/mol. The summed E-state index contributed by atoms with van der Waals surface area (Å²) in [7, 11) is 1.18. The molecule has 0 fully saturated rings. The lowest BCUT2D eigenvalue weighted by Crippen LogP contribution is -2.44. The number of carbonyl (C=O) groups excluding carboxylic acids is 3. The van der Waals surface area contributed by atoms with E-state index in [-0.39, 0.29) is 22.3 Å². The zero-order valence-corrected chi connectivity index (χ0v) is 19.8. The molecule has 172 valence electrons. The molecule has 2 atom stereocenters. The highest BCUT2D eigenvalue weighted by molar-refractivity contribution is 8.03. The van der Waals surface area contributed by atoms with Gasteiger partial charge in [-0.3, -0.25) is 14.4 Å². The normalized spacial score (nSPS) is 17.9. The van der Waals surface area contributed by atoms with Crippen LogP contribution in [-0.4, -0.2) is 43.8 Å². The summed E-state index contributed by atoms with van der Waals surface area (Å²) < 4.78 is 10.3. The highest BCUT2D eigenvalue weighted by Crippen LogP contribution is 2.42. The maximum absolute atomic E-state index is 12.8. The zero-order chi connectivity index (χ0) is 23.7. The van der Waals surface area contributed by atoms with Crippen molar-refractivity contribution in [3.63, 3.8) is 0 Å². The standard InChI is InChI=1S/C22H26ClN3O5S/c1-4-6-9-25-17(27)12-32-21-14(11-24)18(19(20(28)26-21)22(29)30-3)13-7-8-16(31-5-2)15(23)10-13/h7-8,10,18-19H,4-6,9,12H2,1-3H3,(H,25,27)(H,26,28)/t18-,19-/m0/s1. The minimum Gasteiger partial charge on any atom is -0.492 e. The Bertz CT molecular complexity index is 944. The molecule has 10 heteroatoms. The van der Waals surface area contributed by atoms with Crippen molar-refractivity contribution in [1.29, 1.82) is 5.26 Å². The molecule has 0 spiro atoms. The molecule has 1 heterocycles. The number of ether oxygens (including phenoxy) is 2. The summed E-state index contributed by atoms with van der Waals surface area (Å²) in [5, 5.41) is 15.8. The van der Waals surface area contributed by atoms with Crippen molar-refractivity contribution in [3.05, 3.63) is 39.4 Å².